The molecule has 0 aromatic heterocycles. The van der Waals surface area contributed by atoms with Crippen LogP contribution in [0.3, 0.4) is 0 Å². The Morgan fingerprint density at radius 3 is 3.05 bits per heavy atom. The molecule has 0 radical (unpaired) electrons. The molecule has 0 bridgehead atoms. The Morgan fingerprint density at radius 2 is 2.15 bits per heavy atom. The van der Waals surface area contributed by atoms with E-state index in [2.05, 4.69) is 21.6 Å². The van der Waals surface area contributed by atoms with Gasteiger partial charge in [-0.1, -0.05) is 0 Å². The fourth-order valence-electron chi connectivity index (χ4n) is 3.12. The summed E-state index contributed by atoms with van der Waals surface area (Å²) in [4.78, 5) is 15.0. The molecule has 4 heteroatoms. The SMILES string of the molecule is CC(C(=O)c1ccc2c(c1)CCN2)N1CCCNCC1. The molecular formula is C16H23N3O. The molecule has 0 aliphatic carbocycles. The summed E-state index contributed by atoms with van der Waals surface area (Å²) in [5.74, 6) is 0.251. The van der Waals surface area contributed by atoms with Crippen molar-refractivity contribution in [3.63, 3.8) is 0 Å². The molecule has 1 unspecified atom stereocenters. The van der Waals surface area contributed by atoms with Gasteiger partial charge in [-0.25, -0.2) is 0 Å². The summed E-state index contributed by atoms with van der Waals surface area (Å²) in [5, 5.41) is 6.72. The van der Waals surface area contributed by atoms with Crippen LogP contribution < -0.4 is 10.6 Å². The van der Waals surface area contributed by atoms with Crippen LogP contribution in [0, 0.1) is 0 Å². The van der Waals surface area contributed by atoms with Crippen molar-refractivity contribution < 1.29 is 4.79 Å². The summed E-state index contributed by atoms with van der Waals surface area (Å²) in [5.41, 5.74) is 3.32. The van der Waals surface area contributed by atoms with Crippen LogP contribution in [0.5, 0.6) is 0 Å². The molecule has 2 heterocycles. The van der Waals surface area contributed by atoms with E-state index in [0.29, 0.717) is 0 Å². The second-order valence-corrected chi connectivity index (χ2v) is 5.73. The van der Waals surface area contributed by atoms with Crippen LogP contribution in [0.2, 0.25) is 0 Å². The third-order valence-electron chi connectivity index (χ3n) is 4.40. The summed E-state index contributed by atoms with van der Waals surface area (Å²) in [6.45, 7) is 7.03. The summed E-state index contributed by atoms with van der Waals surface area (Å²) in [7, 11) is 0. The molecule has 1 atom stereocenters. The zero-order valence-corrected chi connectivity index (χ0v) is 12.1. The lowest BCUT2D eigenvalue weighted by atomic mass is 10.0. The average Bonchev–Trinajstić information content (AvgIpc) is 2.77. The van der Waals surface area contributed by atoms with E-state index in [4.69, 9.17) is 0 Å². The Morgan fingerprint density at radius 1 is 1.25 bits per heavy atom. The van der Waals surface area contributed by atoms with Crippen molar-refractivity contribution in [3.8, 4) is 0 Å². The van der Waals surface area contributed by atoms with E-state index in [1.54, 1.807) is 0 Å². The Kier molecular flexibility index (Phi) is 4.03. The number of Topliss-reactive ketones (excluding diaryl/α,β-unsaturated/α-hetero) is 1. The Bertz CT molecular complexity index is 492. The number of ketones is 1. The van der Waals surface area contributed by atoms with E-state index in [1.165, 1.54) is 11.3 Å². The van der Waals surface area contributed by atoms with Crippen LogP contribution in [0.15, 0.2) is 18.2 Å². The minimum absolute atomic E-state index is 0.0256. The van der Waals surface area contributed by atoms with Crippen LogP contribution in [0.1, 0.15) is 29.3 Å². The number of benzene rings is 1. The van der Waals surface area contributed by atoms with E-state index in [1.807, 2.05) is 19.1 Å². The Balaban J connectivity index is 1.74. The number of carbonyl (C=O) groups excluding carboxylic acids is 1. The summed E-state index contributed by atoms with van der Waals surface area (Å²) >= 11 is 0. The lowest BCUT2D eigenvalue weighted by Gasteiger charge is -2.26. The van der Waals surface area contributed by atoms with Gasteiger partial charge in [0, 0.05) is 37.4 Å². The number of hydrogen-bond donors (Lipinski definition) is 2. The van der Waals surface area contributed by atoms with Gasteiger partial charge in [0.15, 0.2) is 5.78 Å². The third kappa shape index (κ3) is 2.72. The van der Waals surface area contributed by atoms with Gasteiger partial charge in [0.2, 0.25) is 0 Å². The number of carbonyl (C=O) groups is 1. The predicted molar refractivity (Wildman–Crippen MR) is 81.5 cm³/mol. The van der Waals surface area contributed by atoms with Crippen molar-refractivity contribution in [3.05, 3.63) is 29.3 Å². The highest BCUT2D eigenvalue weighted by Gasteiger charge is 2.24. The molecule has 1 aromatic rings. The summed E-state index contributed by atoms with van der Waals surface area (Å²) in [6.07, 6.45) is 2.14. The molecule has 2 aliphatic heterocycles. The first-order valence-electron chi connectivity index (χ1n) is 7.61. The number of nitrogens with one attached hydrogen (secondary N) is 2. The molecular weight excluding hydrogens is 250 g/mol. The number of nitrogens with zero attached hydrogens (tertiary/aromatic N) is 1. The molecule has 1 aromatic carbocycles. The van der Waals surface area contributed by atoms with Crippen LogP contribution in [-0.2, 0) is 6.42 Å². The maximum atomic E-state index is 12.7. The molecule has 0 spiro atoms. The first-order valence-corrected chi connectivity index (χ1v) is 7.61. The van der Waals surface area contributed by atoms with Crippen molar-refractivity contribution >= 4 is 11.5 Å². The van der Waals surface area contributed by atoms with E-state index >= 15 is 0 Å². The number of anilines is 1. The first kappa shape index (κ1) is 13.6. The maximum Gasteiger partial charge on any atom is 0.179 e. The van der Waals surface area contributed by atoms with Gasteiger partial charge >= 0.3 is 0 Å². The maximum absolute atomic E-state index is 12.7. The number of fused-ring (bicyclic) bond motifs is 1. The van der Waals surface area contributed by atoms with Crippen LogP contribution in [0.25, 0.3) is 0 Å². The highest BCUT2D eigenvalue weighted by Crippen LogP contribution is 2.24. The second-order valence-electron chi connectivity index (χ2n) is 5.73. The van der Waals surface area contributed by atoms with Crippen LogP contribution in [-0.4, -0.2) is 49.4 Å². The van der Waals surface area contributed by atoms with E-state index in [0.717, 1.165) is 51.1 Å². The zero-order valence-electron chi connectivity index (χ0n) is 12.1. The lowest BCUT2D eigenvalue weighted by molar-refractivity contribution is 0.0846. The molecule has 108 valence electrons. The van der Waals surface area contributed by atoms with Crippen molar-refractivity contribution in [2.45, 2.75) is 25.8 Å². The van der Waals surface area contributed by atoms with E-state index < -0.39 is 0 Å². The topological polar surface area (TPSA) is 44.4 Å². The van der Waals surface area contributed by atoms with Crippen molar-refractivity contribution in [1.82, 2.24) is 10.2 Å². The highest BCUT2D eigenvalue weighted by molar-refractivity contribution is 6.00. The zero-order chi connectivity index (χ0) is 13.9. The number of hydrogen-bond acceptors (Lipinski definition) is 4. The van der Waals surface area contributed by atoms with E-state index in [-0.39, 0.29) is 11.8 Å². The molecule has 2 aliphatic rings. The third-order valence-corrected chi connectivity index (χ3v) is 4.40. The molecule has 1 saturated heterocycles. The van der Waals surface area contributed by atoms with Gasteiger partial charge < -0.3 is 10.6 Å². The smallest absolute Gasteiger partial charge is 0.179 e. The van der Waals surface area contributed by atoms with E-state index in [9.17, 15) is 4.79 Å². The lowest BCUT2D eigenvalue weighted by Crippen LogP contribution is -2.41. The predicted octanol–water partition coefficient (Wildman–Crippen LogP) is 1.52. The van der Waals surface area contributed by atoms with Gasteiger partial charge in [0.25, 0.3) is 0 Å². The molecule has 0 amide bonds. The molecule has 2 N–H and O–H groups in total. The minimum Gasteiger partial charge on any atom is -0.384 e. The largest absolute Gasteiger partial charge is 0.384 e. The van der Waals surface area contributed by atoms with Gasteiger partial charge in [-0.15, -0.1) is 0 Å². The van der Waals surface area contributed by atoms with Gasteiger partial charge in [-0.2, -0.15) is 0 Å². The van der Waals surface area contributed by atoms with Crippen LogP contribution in [0.4, 0.5) is 5.69 Å². The van der Waals surface area contributed by atoms with Gasteiger partial charge in [0.1, 0.15) is 0 Å². The normalized spacial score (nSPS) is 20.9. The molecule has 4 nitrogen and oxygen atoms in total. The molecule has 0 saturated carbocycles. The quantitative estimate of drug-likeness (QED) is 0.820. The van der Waals surface area contributed by atoms with Crippen LogP contribution >= 0.6 is 0 Å². The monoisotopic (exact) mass is 273 g/mol. The second kappa shape index (κ2) is 5.94. The molecule has 1 fully saturated rings. The Hall–Kier alpha value is -1.39. The highest BCUT2D eigenvalue weighted by atomic mass is 16.1. The summed E-state index contributed by atoms with van der Waals surface area (Å²) < 4.78 is 0. The minimum atomic E-state index is -0.0256. The van der Waals surface area contributed by atoms with Gasteiger partial charge in [-0.05, 0) is 50.1 Å². The Labute approximate surface area is 120 Å². The fourth-order valence-corrected chi connectivity index (χ4v) is 3.12. The summed E-state index contributed by atoms with van der Waals surface area (Å²) in [6, 6.07) is 6.06. The average molecular weight is 273 g/mol. The fraction of sp³-hybridized carbons (Fsp3) is 0.562. The standard InChI is InChI=1S/C16H23N3O/c1-12(19-9-2-6-17-8-10-19)16(20)14-3-4-15-13(11-14)5-7-18-15/h3-4,11-12,17-18H,2,5-10H2,1H3. The van der Waals surface area contributed by atoms with Gasteiger partial charge in [0.05, 0.1) is 6.04 Å². The molecule has 3 rings (SSSR count). The van der Waals surface area contributed by atoms with Crippen molar-refractivity contribution in [2.24, 2.45) is 0 Å². The van der Waals surface area contributed by atoms with Crippen molar-refractivity contribution in [2.75, 3.05) is 38.0 Å². The first-order chi connectivity index (χ1) is 9.75. The molecule has 20 heavy (non-hydrogen) atoms. The van der Waals surface area contributed by atoms with Gasteiger partial charge in [-0.3, -0.25) is 9.69 Å². The van der Waals surface area contributed by atoms with Crippen molar-refractivity contribution in [1.29, 1.82) is 0 Å². The number of rotatable bonds is 3.